The molecule has 1 saturated heterocycles. The molecule has 23 heavy (non-hydrogen) atoms. The Hall–Kier alpha value is -2.63. The number of rotatable bonds is 3. The zero-order valence-corrected chi connectivity index (χ0v) is 13.1. The summed E-state index contributed by atoms with van der Waals surface area (Å²) in [5, 5.41) is 0. The van der Waals surface area contributed by atoms with E-state index in [9.17, 15) is 9.59 Å². The SMILES string of the molecule is COc1coc(C(=O)N2CC(C)CC2c2cccnc2)cc1=O. The van der Waals surface area contributed by atoms with Crippen molar-refractivity contribution in [2.75, 3.05) is 13.7 Å². The third-order valence-electron chi connectivity index (χ3n) is 4.07. The van der Waals surface area contributed by atoms with Crippen LogP contribution in [0.1, 0.15) is 35.5 Å². The number of likely N-dealkylation sites (tertiary alicyclic amines) is 1. The lowest BCUT2D eigenvalue weighted by atomic mass is 10.0. The minimum absolute atomic E-state index is 0.0267. The average Bonchev–Trinajstić information content (AvgIpc) is 2.96. The molecule has 2 atom stereocenters. The molecule has 0 radical (unpaired) electrons. The van der Waals surface area contributed by atoms with Crippen LogP contribution in [0.25, 0.3) is 0 Å². The first kappa shape index (κ1) is 15.3. The summed E-state index contributed by atoms with van der Waals surface area (Å²) in [7, 11) is 1.38. The number of hydrogen-bond donors (Lipinski definition) is 0. The third-order valence-corrected chi connectivity index (χ3v) is 4.07. The molecule has 3 heterocycles. The molecule has 2 aromatic heterocycles. The fourth-order valence-corrected chi connectivity index (χ4v) is 2.96. The van der Waals surface area contributed by atoms with Crippen molar-refractivity contribution in [3.8, 4) is 5.75 Å². The number of hydrogen-bond acceptors (Lipinski definition) is 5. The second-order valence-electron chi connectivity index (χ2n) is 5.78. The molecule has 0 saturated carbocycles. The second kappa shape index (κ2) is 6.24. The number of aromatic nitrogens is 1. The van der Waals surface area contributed by atoms with Gasteiger partial charge in [-0.3, -0.25) is 14.6 Å². The third kappa shape index (κ3) is 2.97. The molecular weight excluding hydrogens is 296 g/mol. The molecule has 120 valence electrons. The molecule has 3 rings (SSSR count). The van der Waals surface area contributed by atoms with Gasteiger partial charge in [0.1, 0.15) is 6.26 Å². The molecule has 1 fully saturated rings. The molecule has 6 nitrogen and oxygen atoms in total. The van der Waals surface area contributed by atoms with Gasteiger partial charge in [-0.25, -0.2) is 0 Å². The lowest BCUT2D eigenvalue weighted by molar-refractivity contribution is 0.0696. The topological polar surface area (TPSA) is 72.6 Å². The van der Waals surface area contributed by atoms with Gasteiger partial charge in [0, 0.05) is 25.0 Å². The Kier molecular flexibility index (Phi) is 4.14. The van der Waals surface area contributed by atoms with Crippen molar-refractivity contribution in [1.82, 2.24) is 9.88 Å². The van der Waals surface area contributed by atoms with Crippen LogP contribution < -0.4 is 10.2 Å². The van der Waals surface area contributed by atoms with Crippen LogP contribution in [0, 0.1) is 5.92 Å². The predicted molar refractivity (Wildman–Crippen MR) is 83.3 cm³/mol. The van der Waals surface area contributed by atoms with Crippen molar-refractivity contribution in [3.63, 3.8) is 0 Å². The normalized spacial score (nSPS) is 20.5. The molecule has 2 aromatic rings. The first-order valence-electron chi connectivity index (χ1n) is 7.48. The van der Waals surface area contributed by atoms with Gasteiger partial charge in [0.05, 0.1) is 13.2 Å². The Morgan fingerprint density at radius 3 is 2.96 bits per heavy atom. The minimum Gasteiger partial charge on any atom is -0.490 e. The van der Waals surface area contributed by atoms with Crippen molar-refractivity contribution < 1.29 is 13.9 Å². The Morgan fingerprint density at radius 1 is 1.48 bits per heavy atom. The number of amides is 1. The summed E-state index contributed by atoms with van der Waals surface area (Å²) in [6.07, 6.45) is 5.51. The fourth-order valence-electron chi connectivity index (χ4n) is 2.96. The molecule has 6 heteroatoms. The van der Waals surface area contributed by atoms with E-state index < -0.39 is 0 Å². The molecular formula is C17H18N2O4. The standard InChI is InChI=1S/C17H18N2O4/c1-11-6-13(12-4-3-5-18-8-12)19(9-11)17(21)15-7-14(20)16(22-2)10-23-15/h3-5,7-8,10-11,13H,6,9H2,1-2H3. The number of carbonyl (C=O) groups is 1. The lowest BCUT2D eigenvalue weighted by Gasteiger charge is -2.24. The van der Waals surface area contributed by atoms with E-state index in [2.05, 4.69) is 11.9 Å². The molecule has 0 aliphatic carbocycles. The number of carbonyl (C=O) groups excluding carboxylic acids is 1. The van der Waals surface area contributed by atoms with Gasteiger partial charge in [0.25, 0.3) is 5.91 Å². The second-order valence-corrected chi connectivity index (χ2v) is 5.78. The summed E-state index contributed by atoms with van der Waals surface area (Å²) in [4.78, 5) is 30.5. The van der Waals surface area contributed by atoms with Gasteiger partial charge in [-0.05, 0) is 24.0 Å². The number of ether oxygens (including phenoxy) is 1. The van der Waals surface area contributed by atoms with E-state index in [-0.39, 0.29) is 28.9 Å². The largest absolute Gasteiger partial charge is 0.490 e. The summed E-state index contributed by atoms with van der Waals surface area (Å²) in [6.45, 7) is 2.72. The van der Waals surface area contributed by atoms with Crippen LogP contribution in [0.4, 0.5) is 0 Å². The van der Waals surface area contributed by atoms with Crippen molar-refractivity contribution >= 4 is 5.91 Å². The van der Waals surface area contributed by atoms with E-state index in [1.54, 1.807) is 17.3 Å². The maximum atomic E-state index is 12.8. The van der Waals surface area contributed by atoms with E-state index in [1.807, 2.05) is 12.1 Å². The highest BCUT2D eigenvalue weighted by Gasteiger charge is 2.35. The predicted octanol–water partition coefficient (Wildman–Crippen LogP) is 2.27. The van der Waals surface area contributed by atoms with E-state index in [1.165, 1.54) is 19.4 Å². The Labute approximate surface area is 133 Å². The zero-order valence-electron chi connectivity index (χ0n) is 13.1. The average molecular weight is 314 g/mol. The fraction of sp³-hybridized carbons (Fsp3) is 0.353. The van der Waals surface area contributed by atoms with Crippen molar-refractivity contribution in [2.45, 2.75) is 19.4 Å². The molecule has 0 spiro atoms. The van der Waals surface area contributed by atoms with Gasteiger partial charge in [0.15, 0.2) is 5.76 Å². The molecule has 0 aromatic carbocycles. The summed E-state index contributed by atoms with van der Waals surface area (Å²) >= 11 is 0. The van der Waals surface area contributed by atoms with Crippen LogP contribution in [0.5, 0.6) is 5.75 Å². The quantitative estimate of drug-likeness (QED) is 0.869. The molecule has 0 bridgehead atoms. The molecule has 1 aliphatic rings. The van der Waals surface area contributed by atoms with Crippen LogP contribution in [0.15, 0.2) is 46.1 Å². The molecule has 2 unspecified atom stereocenters. The first-order chi connectivity index (χ1) is 11.1. The van der Waals surface area contributed by atoms with Crippen LogP contribution >= 0.6 is 0 Å². The number of nitrogens with zero attached hydrogens (tertiary/aromatic N) is 2. The molecule has 1 amide bonds. The van der Waals surface area contributed by atoms with E-state index in [0.717, 1.165) is 12.0 Å². The van der Waals surface area contributed by atoms with Gasteiger partial charge in [-0.1, -0.05) is 13.0 Å². The van der Waals surface area contributed by atoms with Crippen LogP contribution in [-0.2, 0) is 0 Å². The molecule has 0 N–H and O–H groups in total. The van der Waals surface area contributed by atoms with Gasteiger partial charge in [-0.2, -0.15) is 0 Å². The smallest absolute Gasteiger partial charge is 0.290 e. The Morgan fingerprint density at radius 2 is 2.30 bits per heavy atom. The maximum Gasteiger partial charge on any atom is 0.290 e. The Bertz CT molecular complexity index is 757. The monoisotopic (exact) mass is 314 g/mol. The summed E-state index contributed by atoms with van der Waals surface area (Å²) in [6, 6.07) is 4.94. The van der Waals surface area contributed by atoms with Crippen molar-refractivity contribution in [2.24, 2.45) is 5.92 Å². The highest BCUT2D eigenvalue weighted by Crippen LogP contribution is 2.35. The highest BCUT2D eigenvalue weighted by molar-refractivity contribution is 5.92. The zero-order chi connectivity index (χ0) is 16.4. The number of pyridine rings is 1. The van der Waals surface area contributed by atoms with E-state index in [0.29, 0.717) is 12.5 Å². The molecule has 1 aliphatic heterocycles. The van der Waals surface area contributed by atoms with Gasteiger partial charge >= 0.3 is 0 Å². The van der Waals surface area contributed by atoms with E-state index in [4.69, 9.17) is 9.15 Å². The van der Waals surface area contributed by atoms with Crippen molar-refractivity contribution in [3.05, 3.63) is 58.4 Å². The number of methoxy groups -OCH3 is 1. The van der Waals surface area contributed by atoms with Crippen LogP contribution in [0.2, 0.25) is 0 Å². The van der Waals surface area contributed by atoms with Crippen LogP contribution in [-0.4, -0.2) is 29.4 Å². The summed E-state index contributed by atoms with van der Waals surface area (Å²) in [5.74, 6) is 0.191. The summed E-state index contributed by atoms with van der Waals surface area (Å²) in [5.41, 5.74) is 0.619. The van der Waals surface area contributed by atoms with Crippen LogP contribution in [0.3, 0.4) is 0 Å². The van der Waals surface area contributed by atoms with Crippen molar-refractivity contribution in [1.29, 1.82) is 0 Å². The minimum atomic E-state index is -0.368. The van der Waals surface area contributed by atoms with Gasteiger partial charge in [0.2, 0.25) is 11.2 Å². The van der Waals surface area contributed by atoms with E-state index >= 15 is 0 Å². The Balaban J connectivity index is 1.91. The van der Waals surface area contributed by atoms with Gasteiger partial charge in [-0.15, -0.1) is 0 Å². The summed E-state index contributed by atoms with van der Waals surface area (Å²) < 4.78 is 10.2. The highest BCUT2D eigenvalue weighted by atomic mass is 16.5. The van der Waals surface area contributed by atoms with Gasteiger partial charge < -0.3 is 14.1 Å². The first-order valence-corrected chi connectivity index (χ1v) is 7.48. The lowest BCUT2D eigenvalue weighted by Crippen LogP contribution is -2.31. The maximum absolute atomic E-state index is 12.8.